The van der Waals surface area contributed by atoms with Crippen LogP contribution in [0, 0.1) is 6.92 Å². The van der Waals surface area contributed by atoms with Crippen LogP contribution in [0.2, 0.25) is 0 Å². The van der Waals surface area contributed by atoms with Crippen molar-refractivity contribution in [3.05, 3.63) is 93.2 Å². The summed E-state index contributed by atoms with van der Waals surface area (Å²) < 4.78 is 0. The molecule has 0 bridgehead atoms. The first-order chi connectivity index (χ1) is 17.0. The molecule has 2 atom stereocenters. The van der Waals surface area contributed by atoms with E-state index in [-0.39, 0.29) is 30.3 Å². The molecule has 4 nitrogen and oxygen atoms in total. The topological polar surface area (TPSA) is 40.6 Å². The zero-order chi connectivity index (χ0) is 24.8. The van der Waals surface area contributed by atoms with Crippen molar-refractivity contribution in [3.8, 4) is 0 Å². The molecule has 35 heavy (non-hydrogen) atoms. The van der Waals surface area contributed by atoms with E-state index in [4.69, 9.17) is 0 Å². The van der Waals surface area contributed by atoms with Crippen molar-refractivity contribution in [3.63, 3.8) is 0 Å². The molecule has 0 aliphatic carbocycles. The summed E-state index contributed by atoms with van der Waals surface area (Å²) in [6, 6.07) is 20.4. The second kappa shape index (κ2) is 11.7. The predicted molar refractivity (Wildman–Crippen MR) is 144 cm³/mol. The van der Waals surface area contributed by atoms with E-state index in [0.29, 0.717) is 19.5 Å². The Kier molecular flexibility index (Phi) is 8.40. The molecule has 1 aromatic heterocycles. The van der Waals surface area contributed by atoms with Crippen LogP contribution in [0.1, 0.15) is 72.2 Å². The van der Waals surface area contributed by atoms with E-state index in [1.807, 2.05) is 53.1 Å². The van der Waals surface area contributed by atoms with Gasteiger partial charge in [0.05, 0.1) is 18.5 Å². The number of unbranched alkanes of at least 4 members (excludes halogenated alkanes) is 1. The van der Waals surface area contributed by atoms with Gasteiger partial charge in [0, 0.05) is 18.0 Å². The molecule has 0 radical (unpaired) electrons. The highest BCUT2D eigenvalue weighted by Crippen LogP contribution is 2.39. The first-order valence-electron chi connectivity index (χ1n) is 12.8. The molecular formula is C30H36N2O2S. The molecule has 1 aliphatic rings. The fraction of sp³-hybridized carbons (Fsp3) is 0.400. The molecule has 2 amide bonds. The quantitative estimate of drug-likeness (QED) is 0.352. The lowest BCUT2D eigenvalue weighted by Crippen LogP contribution is -2.48. The summed E-state index contributed by atoms with van der Waals surface area (Å²) in [5.74, 6) is -0.138. The average molecular weight is 489 g/mol. The Morgan fingerprint density at radius 2 is 1.77 bits per heavy atom. The highest BCUT2D eigenvalue weighted by Gasteiger charge is 2.35. The second-order valence-corrected chi connectivity index (χ2v) is 10.4. The summed E-state index contributed by atoms with van der Waals surface area (Å²) in [6.45, 7) is 7.70. The molecule has 4 rings (SSSR count). The number of carbonyl (C=O) groups excluding carboxylic acids is 2. The molecule has 0 fully saturated rings. The van der Waals surface area contributed by atoms with Gasteiger partial charge in [-0.15, -0.1) is 11.3 Å². The Labute approximate surface area is 213 Å². The van der Waals surface area contributed by atoms with E-state index in [9.17, 15) is 9.59 Å². The third-order valence-electron chi connectivity index (χ3n) is 7.10. The van der Waals surface area contributed by atoms with Gasteiger partial charge in [-0.1, -0.05) is 74.9 Å². The lowest BCUT2D eigenvalue weighted by molar-refractivity contribution is -0.142. The molecule has 2 unspecified atom stereocenters. The summed E-state index contributed by atoms with van der Waals surface area (Å²) in [5, 5.41) is 2.13. The standard InChI is InChI=1S/C30H36N2O2S/c1-4-6-18-31(30(34)24(5-2)23-13-8-7-9-14-23)21-28(33)32-19-16-27-26(17-20-35-27)29(32)25-15-11-10-12-22(25)3/h7-15,17,20,24,29H,4-6,16,18-19,21H2,1-3H3. The lowest BCUT2D eigenvalue weighted by atomic mass is 9.90. The van der Waals surface area contributed by atoms with Crippen molar-refractivity contribution in [2.75, 3.05) is 19.6 Å². The zero-order valence-electron chi connectivity index (χ0n) is 21.1. The van der Waals surface area contributed by atoms with Gasteiger partial charge >= 0.3 is 0 Å². The molecule has 184 valence electrons. The smallest absolute Gasteiger partial charge is 0.242 e. The van der Waals surface area contributed by atoms with Crippen LogP contribution in [-0.4, -0.2) is 41.2 Å². The van der Waals surface area contributed by atoms with Gasteiger partial charge < -0.3 is 9.80 Å². The van der Waals surface area contributed by atoms with Crippen LogP contribution in [0.5, 0.6) is 0 Å². The minimum atomic E-state index is -0.224. The van der Waals surface area contributed by atoms with Gasteiger partial charge in [0.15, 0.2) is 0 Å². The highest BCUT2D eigenvalue weighted by molar-refractivity contribution is 7.10. The monoisotopic (exact) mass is 488 g/mol. The first kappa shape index (κ1) is 25.2. The van der Waals surface area contributed by atoms with Crippen LogP contribution in [0.25, 0.3) is 0 Å². The number of hydrogen-bond acceptors (Lipinski definition) is 3. The Morgan fingerprint density at radius 1 is 1.03 bits per heavy atom. The van der Waals surface area contributed by atoms with Crippen molar-refractivity contribution < 1.29 is 9.59 Å². The van der Waals surface area contributed by atoms with Crippen molar-refractivity contribution in [2.45, 2.75) is 58.4 Å². The van der Waals surface area contributed by atoms with Gasteiger partial charge in [0.25, 0.3) is 0 Å². The molecule has 0 saturated heterocycles. The van der Waals surface area contributed by atoms with Gasteiger partial charge in [0.1, 0.15) is 0 Å². The van der Waals surface area contributed by atoms with Gasteiger partial charge in [-0.25, -0.2) is 0 Å². The van der Waals surface area contributed by atoms with Crippen molar-refractivity contribution >= 4 is 23.2 Å². The summed E-state index contributed by atoms with van der Waals surface area (Å²) >= 11 is 1.78. The van der Waals surface area contributed by atoms with Gasteiger partial charge in [-0.05, 0) is 59.9 Å². The third-order valence-corrected chi connectivity index (χ3v) is 8.09. The molecule has 2 aromatic carbocycles. The van der Waals surface area contributed by atoms with E-state index < -0.39 is 0 Å². The Balaban J connectivity index is 1.61. The Bertz CT molecular complexity index is 1140. The molecule has 0 spiro atoms. The number of amides is 2. The number of rotatable bonds is 9. The molecule has 2 heterocycles. The average Bonchev–Trinajstić information content (AvgIpc) is 3.36. The van der Waals surface area contributed by atoms with E-state index >= 15 is 0 Å². The van der Waals surface area contributed by atoms with Crippen molar-refractivity contribution in [1.29, 1.82) is 0 Å². The molecule has 3 aromatic rings. The third kappa shape index (κ3) is 5.51. The van der Waals surface area contributed by atoms with Crippen LogP contribution in [0.4, 0.5) is 0 Å². The fourth-order valence-electron chi connectivity index (χ4n) is 5.14. The van der Waals surface area contributed by atoms with Gasteiger partial charge in [-0.3, -0.25) is 9.59 Å². The Hall–Kier alpha value is -2.92. The number of hydrogen-bond donors (Lipinski definition) is 0. The number of carbonyl (C=O) groups is 2. The van der Waals surface area contributed by atoms with E-state index in [1.54, 1.807) is 11.3 Å². The fourth-order valence-corrected chi connectivity index (χ4v) is 6.05. The SMILES string of the molecule is CCCCN(CC(=O)N1CCc2sccc2C1c1ccccc1C)C(=O)C(CC)c1ccccc1. The van der Waals surface area contributed by atoms with Crippen molar-refractivity contribution in [1.82, 2.24) is 9.80 Å². The van der Waals surface area contributed by atoms with E-state index in [1.165, 1.54) is 21.6 Å². The van der Waals surface area contributed by atoms with Gasteiger partial charge in [-0.2, -0.15) is 0 Å². The number of fused-ring (bicyclic) bond motifs is 1. The zero-order valence-corrected chi connectivity index (χ0v) is 21.9. The predicted octanol–water partition coefficient (Wildman–Crippen LogP) is 6.35. The molecular weight excluding hydrogens is 452 g/mol. The first-order valence-corrected chi connectivity index (χ1v) is 13.7. The van der Waals surface area contributed by atoms with E-state index in [0.717, 1.165) is 24.8 Å². The van der Waals surface area contributed by atoms with E-state index in [2.05, 4.69) is 43.5 Å². The summed E-state index contributed by atoms with van der Waals surface area (Å²) in [7, 11) is 0. The highest BCUT2D eigenvalue weighted by atomic mass is 32.1. The summed E-state index contributed by atoms with van der Waals surface area (Å²) in [4.78, 5) is 32.8. The molecule has 1 aliphatic heterocycles. The maximum absolute atomic E-state index is 13.9. The largest absolute Gasteiger partial charge is 0.333 e. The van der Waals surface area contributed by atoms with Crippen LogP contribution >= 0.6 is 11.3 Å². The van der Waals surface area contributed by atoms with Crippen molar-refractivity contribution in [2.24, 2.45) is 0 Å². The van der Waals surface area contributed by atoms with Crippen LogP contribution < -0.4 is 0 Å². The lowest BCUT2D eigenvalue weighted by Gasteiger charge is -2.38. The molecule has 5 heteroatoms. The van der Waals surface area contributed by atoms with Crippen LogP contribution in [0.15, 0.2) is 66.0 Å². The molecule has 0 saturated carbocycles. The molecule has 0 N–H and O–H groups in total. The number of thiophene rings is 1. The van der Waals surface area contributed by atoms with Crippen LogP contribution in [-0.2, 0) is 16.0 Å². The minimum absolute atomic E-state index is 0.0301. The number of aryl methyl sites for hydroxylation is 1. The maximum Gasteiger partial charge on any atom is 0.242 e. The maximum atomic E-state index is 13.9. The number of benzene rings is 2. The summed E-state index contributed by atoms with van der Waals surface area (Å²) in [6.07, 6.45) is 3.45. The minimum Gasteiger partial charge on any atom is -0.333 e. The second-order valence-electron chi connectivity index (χ2n) is 9.38. The summed E-state index contributed by atoms with van der Waals surface area (Å²) in [5.41, 5.74) is 4.60. The number of nitrogens with zero attached hydrogens (tertiary/aromatic N) is 2. The Morgan fingerprint density at radius 3 is 2.49 bits per heavy atom. The van der Waals surface area contributed by atoms with Gasteiger partial charge in [0.2, 0.25) is 11.8 Å². The van der Waals surface area contributed by atoms with Crippen LogP contribution in [0.3, 0.4) is 0 Å². The normalized spacial score (nSPS) is 16.0.